The molecule has 2 rings (SSSR count). The summed E-state index contributed by atoms with van der Waals surface area (Å²) in [5.41, 5.74) is 7.29. The van der Waals surface area contributed by atoms with Crippen LogP contribution in [0.5, 0.6) is 0 Å². The molecule has 0 aliphatic carbocycles. The maximum atomic E-state index is 6.01. The van der Waals surface area contributed by atoms with E-state index in [0.717, 1.165) is 19.4 Å². The lowest BCUT2D eigenvalue weighted by Gasteiger charge is -2.22. The van der Waals surface area contributed by atoms with Gasteiger partial charge in [0.1, 0.15) is 0 Å². The molecule has 0 bridgehead atoms. The molecule has 1 aromatic carbocycles. The Morgan fingerprint density at radius 3 is 2.72 bits per heavy atom. The highest BCUT2D eigenvalue weighted by Crippen LogP contribution is 2.32. The van der Waals surface area contributed by atoms with Crippen LogP contribution in [-0.2, 0) is 0 Å². The molecular weight excluding hydrogens is 240 g/mol. The predicted octanol–water partition coefficient (Wildman–Crippen LogP) is 3.86. The Kier molecular flexibility index (Phi) is 3.93. The van der Waals surface area contributed by atoms with Crippen LogP contribution in [0.25, 0.3) is 10.1 Å². The lowest BCUT2D eigenvalue weighted by Crippen LogP contribution is -2.33. The third kappa shape index (κ3) is 3.24. The normalized spacial score (nSPS) is 12.0. The first-order valence-electron chi connectivity index (χ1n) is 6.44. The number of rotatable bonds is 5. The van der Waals surface area contributed by atoms with Crippen LogP contribution in [0.3, 0.4) is 0 Å². The molecule has 0 saturated heterocycles. The lowest BCUT2D eigenvalue weighted by atomic mass is 10.00. The number of thiophene rings is 1. The zero-order chi connectivity index (χ0) is 13.2. The molecule has 1 aromatic heterocycles. The van der Waals surface area contributed by atoms with Crippen molar-refractivity contribution < 1.29 is 0 Å². The van der Waals surface area contributed by atoms with E-state index in [-0.39, 0.29) is 5.54 Å². The second-order valence-corrected chi connectivity index (χ2v) is 6.54. The van der Waals surface area contributed by atoms with Gasteiger partial charge in [-0.25, -0.2) is 0 Å². The highest BCUT2D eigenvalue weighted by Gasteiger charge is 2.12. The Morgan fingerprint density at radius 2 is 2.00 bits per heavy atom. The van der Waals surface area contributed by atoms with Gasteiger partial charge in [-0.1, -0.05) is 18.2 Å². The third-order valence-corrected chi connectivity index (χ3v) is 4.14. The Hall–Kier alpha value is -1.06. The molecule has 2 nitrogen and oxygen atoms in total. The van der Waals surface area contributed by atoms with Crippen LogP contribution >= 0.6 is 11.3 Å². The highest BCUT2D eigenvalue weighted by atomic mass is 32.1. The molecule has 0 aliphatic rings. The molecule has 18 heavy (non-hydrogen) atoms. The second kappa shape index (κ2) is 5.29. The number of fused-ring (bicyclic) bond motifs is 1. The minimum atomic E-state index is -0.0580. The van der Waals surface area contributed by atoms with Crippen LogP contribution in [0.2, 0.25) is 0 Å². The Balaban J connectivity index is 2.03. The minimum Gasteiger partial charge on any atom is -0.373 e. The standard InChI is InChI=1S/C15H22N2S/c1-15(2,16)9-6-10-17(3)13-11-18-14-8-5-4-7-12(13)14/h4-5,7-8,11H,6,9-10,16H2,1-3H3. The molecule has 0 aliphatic heterocycles. The average Bonchev–Trinajstić information content (AvgIpc) is 2.70. The molecule has 0 amide bonds. The minimum absolute atomic E-state index is 0.0580. The van der Waals surface area contributed by atoms with E-state index in [1.165, 1.54) is 15.8 Å². The van der Waals surface area contributed by atoms with Crippen molar-refractivity contribution in [3.8, 4) is 0 Å². The van der Waals surface area contributed by atoms with Gasteiger partial charge in [0.05, 0.1) is 5.69 Å². The first kappa shape index (κ1) is 13.4. The van der Waals surface area contributed by atoms with Gasteiger partial charge in [0, 0.05) is 34.6 Å². The monoisotopic (exact) mass is 262 g/mol. The molecule has 3 heteroatoms. The fourth-order valence-corrected chi connectivity index (χ4v) is 3.15. The van der Waals surface area contributed by atoms with Gasteiger partial charge in [-0.2, -0.15) is 0 Å². The summed E-state index contributed by atoms with van der Waals surface area (Å²) in [6.07, 6.45) is 2.18. The summed E-state index contributed by atoms with van der Waals surface area (Å²) in [5.74, 6) is 0. The number of benzene rings is 1. The lowest BCUT2D eigenvalue weighted by molar-refractivity contribution is 0.460. The van der Waals surface area contributed by atoms with Crippen LogP contribution < -0.4 is 10.6 Å². The van der Waals surface area contributed by atoms with Gasteiger partial charge < -0.3 is 10.6 Å². The number of nitrogens with two attached hydrogens (primary N) is 1. The third-order valence-electron chi connectivity index (χ3n) is 3.19. The Morgan fingerprint density at radius 1 is 1.28 bits per heavy atom. The number of anilines is 1. The quantitative estimate of drug-likeness (QED) is 0.886. The van der Waals surface area contributed by atoms with Crippen LogP contribution in [-0.4, -0.2) is 19.1 Å². The second-order valence-electron chi connectivity index (χ2n) is 5.63. The van der Waals surface area contributed by atoms with E-state index in [0.29, 0.717) is 0 Å². The van der Waals surface area contributed by atoms with Gasteiger partial charge in [-0.05, 0) is 32.8 Å². The number of nitrogens with zero attached hydrogens (tertiary/aromatic N) is 1. The van der Waals surface area contributed by atoms with Gasteiger partial charge in [0.25, 0.3) is 0 Å². The van der Waals surface area contributed by atoms with Gasteiger partial charge >= 0.3 is 0 Å². The number of hydrogen-bond acceptors (Lipinski definition) is 3. The molecular formula is C15H22N2S. The largest absolute Gasteiger partial charge is 0.373 e. The van der Waals surface area contributed by atoms with E-state index < -0.39 is 0 Å². The fourth-order valence-electron chi connectivity index (χ4n) is 2.15. The van der Waals surface area contributed by atoms with E-state index in [9.17, 15) is 0 Å². The van der Waals surface area contributed by atoms with E-state index >= 15 is 0 Å². The number of hydrogen-bond donors (Lipinski definition) is 1. The van der Waals surface area contributed by atoms with Crippen molar-refractivity contribution in [1.82, 2.24) is 0 Å². The maximum absolute atomic E-state index is 6.01. The van der Waals surface area contributed by atoms with Crippen molar-refractivity contribution in [2.24, 2.45) is 5.73 Å². The summed E-state index contributed by atoms with van der Waals surface area (Å²) in [6, 6.07) is 8.58. The highest BCUT2D eigenvalue weighted by molar-refractivity contribution is 7.17. The molecule has 2 N–H and O–H groups in total. The summed E-state index contributed by atoms with van der Waals surface area (Å²) in [5, 5.41) is 3.61. The summed E-state index contributed by atoms with van der Waals surface area (Å²) in [6.45, 7) is 5.24. The molecule has 0 saturated carbocycles. The van der Waals surface area contributed by atoms with E-state index in [4.69, 9.17) is 5.73 Å². The Bertz CT molecular complexity index is 510. The smallest absolute Gasteiger partial charge is 0.0552 e. The summed E-state index contributed by atoms with van der Waals surface area (Å²) < 4.78 is 1.36. The van der Waals surface area contributed by atoms with E-state index in [1.807, 2.05) is 11.3 Å². The van der Waals surface area contributed by atoms with Crippen molar-refractivity contribution in [3.05, 3.63) is 29.6 Å². The molecule has 0 spiro atoms. The maximum Gasteiger partial charge on any atom is 0.0552 e. The molecule has 0 radical (unpaired) electrons. The van der Waals surface area contributed by atoms with Crippen LogP contribution in [0.1, 0.15) is 26.7 Å². The fraction of sp³-hybridized carbons (Fsp3) is 0.467. The zero-order valence-electron chi connectivity index (χ0n) is 11.4. The zero-order valence-corrected chi connectivity index (χ0v) is 12.3. The van der Waals surface area contributed by atoms with Crippen molar-refractivity contribution in [1.29, 1.82) is 0 Å². The molecule has 0 unspecified atom stereocenters. The average molecular weight is 262 g/mol. The van der Waals surface area contributed by atoms with Crippen LogP contribution in [0.15, 0.2) is 29.6 Å². The van der Waals surface area contributed by atoms with Gasteiger partial charge in [-0.15, -0.1) is 11.3 Å². The topological polar surface area (TPSA) is 29.3 Å². The van der Waals surface area contributed by atoms with Gasteiger partial charge in [-0.3, -0.25) is 0 Å². The van der Waals surface area contributed by atoms with Crippen molar-refractivity contribution in [2.45, 2.75) is 32.2 Å². The molecule has 0 fully saturated rings. The molecule has 98 valence electrons. The molecule has 0 atom stereocenters. The SMILES string of the molecule is CN(CCCC(C)(C)N)c1csc2ccccc12. The summed E-state index contributed by atoms with van der Waals surface area (Å²) in [4.78, 5) is 2.34. The van der Waals surface area contributed by atoms with Crippen molar-refractivity contribution >= 4 is 27.1 Å². The van der Waals surface area contributed by atoms with Gasteiger partial charge in [0.2, 0.25) is 0 Å². The van der Waals surface area contributed by atoms with E-state index in [2.05, 4.69) is 55.4 Å². The first-order chi connectivity index (χ1) is 8.47. The van der Waals surface area contributed by atoms with E-state index in [1.54, 1.807) is 0 Å². The molecule has 1 heterocycles. The molecule has 2 aromatic rings. The summed E-state index contributed by atoms with van der Waals surface area (Å²) >= 11 is 1.81. The Labute approximate surface area is 113 Å². The van der Waals surface area contributed by atoms with Crippen molar-refractivity contribution in [3.63, 3.8) is 0 Å². The predicted molar refractivity (Wildman–Crippen MR) is 82.6 cm³/mol. The van der Waals surface area contributed by atoms with Crippen LogP contribution in [0, 0.1) is 0 Å². The van der Waals surface area contributed by atoms with Gasteiger partial charge in [0.15, 0.2) is 0 Å². The summed E-state index contributed by atoms with van der Waals surface area (Å²) in [7, 11) is 2.16. The van der Waals surface area contributed by atoms with Crippen molar-refractivity contribution in [2.75, 3.05) is 18.5 Å². The van der Waals surface area contributed by atoms with Crippen LogP contribution in [0.4, 0.5) is 5.69 Å². The first-order valence-corrected chi connectivity index (χ1v) is 7.31.